The Morgan fingerprint density at radius 1 is 1.03 bits per heavy atom. The van der Waals surface area contributed by atoms with Crippen molar-refractivity contribution < 1.29 is 14.6 Å². The van der Waals surface area contributed by atoms with Crippen LogP contribution in [0.1, 0.15) is 20.0 Å². The lowest BCUT2D eigenvalue weighted by atomic mass is 10.1. The number of aryl methyl sites for hydroxylation is 1. The second-order valence-corrected chi connectivity index (χ2v) is 10.6. The van der Waals surface area contributed by atoms with Crippen molar-refractivity contribution in [2.45, 2.75) is 24.8 Å². The molecule has 0 saturated carbocycles. The second kappa shape index (κ2) is 9.62. The van der Waals surface area contributed by atoms with Crippen LogP contribution in [0.25, 0.3) is 10.9 Å². The Morgan fingerprint density at radius 2 is 1.78 bits per heavy atom. The molecule has 1 aliphatic rings. The van der Waals surface area contributed by atoms with Crippen LogP contribution in [-0.2, 0) is 14.8 Å². The fourth-order valence-corrected chi connectivity index (χ4v) is 5.69. The number of para-hydroxylation sites is 1. The molecule has 3 heterocycles. The number of carbonyl (C=O) groups is 1. The number of fused-ring (bicyclic) bond motifs is 1. The van der Waals surface area contributed by atoms with E-state index in [9.17, 15) is 13.2 Å². The van der Waals surface area contributed by atoms with Crippen molar-refractivity contribution in [2.24, 2.45) is 0 Å². The first-order valence-corrected chi connectivity index (χ1v) is 13.3. The summed E-state index contributed by atoms with van der Waals surface area (Å²) in [6.07, 6.45) is 4.75. The Morgan fingerprint density at radius 3 is 2.47 bits per heavy atom. The van der Waals surface area contributed by atoms with E-state index in [-0.39, 0.29) is 24.1 Å². The van der Waals surface area contributed by atoms with Crippen molar-refractivity contribution >= 4 is 38.3 Å². The minimum Gasteiger partial charge on any atom is -0.368 e. The topological polar surface area (TPSA) is 100 Å². The molecule has 1 saturated heterocycles. The lowest BCUT2D eigenvalue weighted by molar-refractivity contribution is -0.134. The number of rotatable bonds is 6. The highest BCUT2D eigenvalue weighted by molar-refractivity contribution is 7.92. The van der Waals surface area contributed by atoms with Gasteiger partial charge in [-0.25, -0.2) is 18.4 Å². The first kappa shape index (κ1) is 23.8. The Balaban J connectivity index is 0.00000320. The number of carbonyl (C=O) groups excluding carboxylic acids is 1. The van der Waals surface area contributed by atoms with Gasteiger partial charge >= 0.3 is 0 Å². The Labute approximate surface area is 211 Å². The van der Waals surface area contributed by atoms with Crippen LogP contribution in [0, 0.1) is 6.92 Å². The van der Waals surface area contributed by atoms with E-state index in [0.29, 0.717) is 26.2 Å². The molecule has 10 heteroatoms. The molecule has 36 heavy (non-hydrogen) atoms. The van der Waals surface area contributed by atoms with Crippen molar-refractivity contribution in [3.8, 4) is 0 Å². The van der Waals surface area contributed by atoms with Crippen LogP contribution in [0.2, 0.25) is 0 Å². The molecule has 2 aromatic carbocycles. The summed E-state index contributed by atoms with van der Waals surface area (Å²) < 4.78 is 29.8. The van der Waals surface area contributed by atoms with E-state index in [0.717, 1.165) is 22.2 Å². The number of anilines is 2. The van der Waals surface area contributed by atoms with E-state index in [1.165, 1.54) is 18.6 Å². The highest BCUT2D eigenvalue weighted by Crippen LogP contribution is 2.26. The van der Waals surface area contributed by atoms with Gasteiger partial charge in [0.25, 0.3) is 10.0 Å². The van der Waals surface area contributed by atoms with Crippen LogP contribution in [-0.4, -0.2) is 59.9 Å². The highest BCUT2D eigenvalue weighted by Gasteiger charge is 2.27. The van der Waals surface area contributed by atoms with Gasteiger partial charge in [0, 0.05) is 45.7 Å². The van der Waals surface area contributed by atoms with Gasteiger partial charge in [0.05, 0.1) is 10.4 Å². The molecule has 1 fully saturated rings. The second-order valence-electron chi connectivity index (χ2n) is 8.92. The highest BCUT2D eigenvalue weighted by atomic mass is 32.2. The minimum atomic E-state index is -3.74. The number of piperazine rings is 1. The zero-order valence-electron chi connectivity index (χ0n) is 20.2. The van der Waals surface area contributed by atoms with Gasteiger partial charge in [-0.15, -0.1) is 0 Å². The predicted molar refractivity (Wildman–Crippen MR) is 142 cm³/mol. The van der Waals surface area contributed by atoms with Gasteiger partial charge < -0.3 is 14.4 Å². The van der Waals surface area contributed by atoms with Crippen LogP contribution in [0.4, 0.5) is 11.5 Å². The summed E-state index contributed by atoms with van der Waals surface area (Å²) in [6.45, 7) is 6.59. The summed E-state index contributed by atoms with van der Waals surface area (Å²) in [5, 5.41) is 1.14. The van der Waals surface area contributed by atoms with Crippen LogP contribution in [0.5, 0.6) is 0 Å². The van der Waals surface area contributed by atoms with Gasteiger partial charge in [0.1, 0.15) is 18.2 Å². The summed E-state index contributed by atoms with van der Waals surface area (Å²) in [5.74, 6) is 0.319. The number of hydrogen-bond donors (Lipinski definition) is 1. The molecular formula is C26H30N6O3S. The lowest BCUT2D eigenvalue weighted by Gasteiger charge is -2.37. The molecule has 0 unspecified atom stereocenters. The van der Waals surface area contributed by atoms with Gasteiger partial charge in [-0.2, -0.15) is 0 Å². The zero-order valence-corrected chi connectivity index (χ0v) is 21.0. The van der Waals surface area contributed by atoms with Gasteiger partial charge in [0.15, 0.2) is 0 Å². The van der Waals surface area contributed by atoms with Crippen LogP contribution in [0.3, 0.4) is 0 Å². The lowest BCUT2D eigenvalue weighted by Crippen LogP contribution is -2.50. The molecule has 4 aromatic rings. The first-order valence-electron chi connectivity index (χ1n) is 11.8. The first-order chi connectivity index (χ1) is 17.3. The number of nitrogens with zero attached hydrogens (tertiary/aromatic N) is 5. The van der Waals surface area contributed by atoms with Crippen molar-refractivity contribution in [3.63, 3.8) is 0 Å². The number of benzene rings is 2. The number of aromatic nitrogens is 3. The molecule has 1 aliphatic heterocycles. The third-order valence-corrected chi connectivity index (χ3v) is 8.01. The monoisotopic (exact) mass is 506 g/mol. The third-order valence-electron chi connectivity index (χ3n) is 6.64. The van der Waals surface area contributed by atoms with E-state index in [1.807, 2.05) is 24.1 Å². The Kier molecular flexibility index (Phi) is 6.36. The van der Waals surface area contributed by atoms with Crippen molar-refractivity contribution in [2.75, 3.05) is 35.8 Å². The molecule has 0 spiro atoms. The molecule has 9 nitrogen and oxygen atoms in total. The maximum Gasteiger partial charge on any atom is 0.263 e. The molecule has 5 rings (SSSR count). The standard InChI is InChI=1S/C26H28N6O3S.H2/c1-19-4-3-5-21-11-13-32(25(19)21)20(2)26(33)31-16-14-30(15-17-31)22-6-8-23(9-7-22)36(34,35)29-24-10-12-27-18-28-24;/h3-13,18,20H,14-17H2,1-2H3,(H,27,28,29);1H/t20-;/m0./s1. The van der Waals surface area contributed by atoms with Crippen LogP contribution < -0.4 is 9.62 Å². The maximum absolute atomic E-state index is 13.3. The SMILES string of the molecule is Cc1cccc2ccn([C@@H](C)C(=O)N3CCN(c4ccc(S(=O)(=O)Nc5ccncn5)cc4)CC3)c12.[HH]. The molecule has 2 aromatic heterocycles. The Bertz CT molecular complexity index is 1480. The van der Waals surface area contributed by atoms with Gasteiger partial charge in [-0.05, 0) is 61.2 Å². The molecular weight excluding hydrogens is 476 g/mol. The number of amides is 1. The molecule has 0 radical (unpaired) electrons. The van der Waals surface area contributed by atoms with Gasteiger partial charge in [0.2, 0.25) is 5.91 Å². The maximum atomic E-state index is 13.3. The number of sulfonamides is 1. The average Bonchev–Trinajstić information content (AvgIpc) is 3.34. The van der Waals surface area contributed by atoms with E-state index in [4.69, 9.17) is 0 Å². The smallest absolute Gasteiger partial charge is 0.263 e. The van der Waals surface area contributed by atoms with E-state index in [2.05, 4.69) is 49.3 Å². The normalized spacial score (nSPS) is 15.2. The quantitative estimate of drug-likeness (QED) is 0.428. The molecule has 1 N–H and O–H groups in total. The van der Waals surface area contributed by atoms with Gasteiger partial charge in [-0.3, -0.25) is 9.52 Å². The molecule has 1 atom stereocenters. The van der Waals surface area contributed by atoms with E-state index >= 15 is 0 Å². The summed E-state index contributed by atoms with van der Waals surface area (Å²) in [5.41, 5.74) is 3.17. The summed E-state index contributed by atoms with van der Waals surface area (Å²) >= 11 is 0. The van der Waals surface area contributed by atoms with E-state index < -0.39 is 10.0 Å². The molecule has 0 bridgehead atoms. The fourth-order valence-electron chi connectivity index (χ4n) is 4.68. The molecule has 188 valence electrons. The number of nitrogens with one attached hydrogen (secondary N) is 1. The Hall–Kier alpha value is -3.92. The summed E-state index contributed by atoms with van der Waals surface area (Å²) in [6, 6.07) is 16.2. The average molecular weight is 507 g/mol. The number of hydrogen-bond acceptors (Lipinski definition) is 6. The summed E-state index contributed by atoms with van der Waals surface area (Å²) in [4.78, 5) is 25.2. The van der Waals surface area contributed by atoms with Crippen LogP contribution in [0.15, 0.2) is 78.2 Å². The van der Waals surface area contributed by atoms with Gasteiger partial charge in [-0.1, -0.05) is 18.2 Å². The predicted octanol–water partition coefficient (Wildman–Crippen LogP) is 3.70. The van der Waals surface area contributed by atoms with Crippen LogP contribution >= 0.6 is 0 Å². The minimum absolute atomic E-state index is 0. The zero-order chi connectivity index (χ0) is 25.3. The third kappa shape index (κ3) is 4.64. The summed E-state index contributed by atoms with van der Waals surface area (Å²) in [7, 11) is -3.74. The molecule has 1 amide bonds. The molecule has 0 aliphatic carbocycles. The van der Waals surface area contributed by atoms with E-state index in [1.54, 1.807) is 24.3 Å². The van der Waals surface area contributed by atoms with Crippen molar-refractivity contribution in [1.29, 1.82) is 0 Å². The van der Waals surface area contributed by atoms with Crippen molar-refractivity contribution in [1.82, 2.24) is 19.4 Å². The van der Waals surface area contributed by atoms with Crippen molar-refractivity contribution in [3.05, 3.63) is 78.9 Å². The fraction of sp³-hybridized carbons (Fsp3) is 0.269. The largest absolute Gasteiger partial charge is 0.368 e.